The molecule has 0 bridgehead atoms. The molecule has 3 atom stereocenters. The zero-order valence-electron chi connectivity index (χ0n) is 11.1. The summed E-state index contributed by atoms with van der Waals surface area (Å²) in [5.41, 5.74) is 1.42. The lowest BCUT2D eigenvalue weighted by Gasteiger charge is -2.14. The van der Waals surface area contributed by atoms with Crippen molar-refractivity contribution in [3.8, 4) is 11.8 Å². The van der Waals surface area contributed by atoms with Gasteiger partial charge in [-0.05, 0) is 31.0 Å². The Morgan fingerprint density at radius 2 is 2.37 bits per heavy atom. The highest BCUT2D eigenvalue weighted by molar-refractivity contribution is 7.84. The fourth-order valence-corrected chi connectivity index (χ4v) is 3.83. The molecular formula is C14H17NO3S. The van der Waals surface area contributed by atoms with Gasteiger partial charge in [0.05, 0.1) is 24.0 Å². The Hall–Kier alpha value is -1.38. The maximum absolute atomic E-state index is 12.3. The monoisotopic (exact) mass is 279 g/mol. The molecule has 2 rings (SSSR count). The molecule has 0 saturated carbocycles. The van der Waals surface area contributed by atoms with Crippen molar-refractivity contribution in [1.82, 2.24) is 0 Å². The van der Waals surface area contributed by atoms with E-state index in [9.17, 15) is 4.21 Å². The van der Waals surface area contributed by atoms with Crippen molar-refractivity contribution in [3.63, 3.8) is 0 Å². The molecule has 1 heterocycles. The van der Waals surface area contributed by atoms with Crippen LogP contribution in [0.3, 0.4) is 0 Å². The van der Waals surface area contributed by atoms with Crippen molar-refractivity contribution >= 4 is 10.8 Å². The number of rotatable bonds is 4. The second kappa shape index (κ2) is 6.18. The second-order valence-corrected chi connectivity index (χ2v) is 6.23. The maximum atomic E-state index is 12.3. The highest BCUT2D eigenvalue weighted by Crippen LogP contribution is 2.24. The van der Waals surface area contributed by atoms with Crippen LogP contribution in [0.5, 0.6) is 5.75 Å². The van der Waals surface area contributed by atoms with E-state index in [1.807, 2.05) is 13.0 Å². The Morgan fingerprint density at radius 3 is 2.95 bits per heavy atom. The van der Waals surface area contributed by atoms with Gasteiger partial charge in [0, 0.05) is 23.2 Å². The van der Waals surface area contributed by atoms with E-state index in [0.717, 1.165) is 12.0 Å². The molecule has 1 aromatic carbocycles. The summed E-state index contributed by atoms with van der Waals surface area (Å²) in [5, 5.41) is 9.02. The van der Waals surface area contributed by atoms with Gasteiger partial charge in [-0.3, -0.25) is 4.21 Å². The van der Waals surface area contributed by atoms with Crippen molar-refractivity contribution in [2.24, 2.45) is 0 Å². The normalized spacial score (nSPS) is 23.8. The van der Waals surface area contributed by atoms with E-state index in [1.54, 1.807) is 12.1 Å². The average Bonchev–Trinajstić information content (AvgIpc) is 2.85. The van der Waals surface area contributed by atoms with Gasteiger partial charge in [-0.15, -0.1) is 0 Å². The summed E-state index contributed by atoms with van der Waals surface area (Å²) in [4.78, 5) is 0. The third-order valence-electron chi connectivity index (χ3n) is 3.34. The minimum atomic E-state index is -0.959. The molecule has 0 N–H and O–H groups in total. The van der Waals surface area contributed by atoms with E-state index in [4.69, 9.17) is 14.7 Å². The molecule has 19 heavy (non-hydrogen) atoms. The standard InChI is InChI=1S/C14H17NO3S/c1-10-14(5-6-18-10)19(16)9-11-3-4-12(8-15)13(7-11)17-2/h3-4,7,10,14H,5-6,9H2,1-2H3. The average molecular weight is 279 g/mol. The third-order valence-corrected chi connectivity index (χ3v) is 5.25. The van der Waals surface area contributed by atoms with Gasteiger partial charge in [0.1, 0.15) is 11.8 Å². The Bertz CT molecular complexity index is 524. The fourth-order valence-electron chi connectivity index (χ4n) is 2.25. The topological polar surface area (TPSA) is 59.3 Å². The van der Waals surface area contributed by atoms with Gasteiger partial charge < -0.3 is 9.47 Å². The summed E-state index contributed by atoms with van der Waals surface area (Å²) in [6, 6.07) is 7.40. The number of nitrogens with zero attached hydrogens (tertiary/aromatic N) is 1. The van der Waals surface area contributed by atoms with Crippen LogP contribution in [0.15, 0.2) is 18.2 Å². The number of ether oxygens (including phenoxy) is 2. The van der Waals surface area contributed by atoms with Crippen LogP contribution in [0.25, 0.3) is 0 Å². The fraction of sp³-hybridized carbons (Fsp3) is 0.500. The molecule has 0 spiro atoms. The van der Waals surface area contributed by atoms with E-state index >= 15 is 0 Å². The second-order valence-electron chi connectivity index (χ2n) is 4.57. The Labute approximate surface area is 115 Å². The zero-order chi connectivity index (χ0) is 13.8. The number of benzene rings is 1. The zero-order valence-corrected chi connectivity index (χ0v) is 11.9. The minimum Gasteiger partial charge on any atom is -0.495 e. The maximum Gasteiger partial charge on any atom is 0.136 e. The molecule has 1 aliphatic rings. The Balaban J connectivity index is 2.11. The van der Waals surface area contributed by atoms with Gasteiger partial charge in [0.2, 0.25) is 0 Å². The van der Waals surface area contributed by atoms with Crippen molar-refractivity contribution in [1.29, 1.82) is 5.26 Å². The molecule has 1 aliphatic heterocycles. The lowest BCUT2D eigenvalue weighted by atomic mass is 10.1. The van der Waals surface area contributed by atoms with Gasteiger partial charge in [-0.25, -0.2) is 0 Å². The first-order valence-electron chi connectivity index (χ1n) is 6.21. The first-order chi connectivity index (χ1) is 9.15. The summed E-state index contributed by atoms with van der Waals surface area (Å²) in [7, 11) is 0.573. The van der Waals surface area contributed by atoms with E-state index < -0.39 is 10.8 Å². The van der Waals surface area contributed by atoms with Crippen molar-refractivity contribution in [2.75, 3.05) is 13.7 Å². The molecule has 3 unspecified atom stereocenters. The number of hydrogen-bond donors (Lipinski definition) is 0. The first-order valence-corrected chi connectivity index (χ1v) is 7.59. The van der Waals surface area contributed by atoms with E-state index in [0.29, 0.717) is 23.7 Å². The molecular weight excluding hydrogens is 262 g/mol. The molecule has 0 aromatic heterocycles. The van der Waals surface area contributed by atoms with Gasteiger partial charge in [-0.2, -0.15) is 5.26 Å². The van der Waals surface area contributed by atoms with Crippen molar-refractivity contribution in [2.45, 2.75) is 30.5 Å². The van der Waals surface area contributed by atoms with Crippen LogP contribution in [0.4, 0.5) is 0 Å². The van der Waals surface area contributed by atoms with Crippen LogP contribution in [0.2, 0.25) is 0 Å². The van der Waals surface area contributed by atoms with Crippen molar-refractivity contribution in [3.05, 3.63) is 29.3 Å². The number of hydrogen-bond acceptors (Lipinski definition) is 4. The third kappa shape index (κ3) is 3.14. The highest BCUT2D eigenvalue weighted by atomic mass is 32.2. The summed E-state index contributed by atoms with van der Waals surface area (Å²) in [6.45, 7) is 2.66. The van der Waals surface area contributed by atoms with Crippen LogP contribution in [0, 0.1) is 11.3 Å². The van der Waals surface area contributed by atoms with Crippen LogP contribution in [-0.4, -0.2) is 29.3 Å². The Kier molecular flexibility index (Phi) is 4.56. The quantitative estimate of drug-likeness (QED) is 0.845. The van der Waals surface area contributed by atoms with Crippen LogP contribution < -0.4 is 4.74 Å². The molecule has 0 amide bonds. The summed E-state index contributed by atoms with van der Waals surface area (Å²) in [5.74, 6) is 1.01. The number of nitriles is 1. The molecule has 1 aromatic rings. The smallest absolute Gasteiger partial charge is 0.136 e. The largest absolute Gasteiger partial charge is 0.495 e. The van der Waals surface area contributed by atoms with Gasteiger partial charge in [0.15, 0.2) is 0 Å². The number of methoxy groups -OCH3 is 1. The molecule has 0 radical (unpaired) electrons. The van der Waals surface area contributed by atoms with Crippen LogP contribution >= 0.6 is 0 Å². The molecule has 1 fully saturated rings. The Morgan fingerprint density at radius 1 is 1.58 bits per heavy atom. The SMILES string of the molecule is COc1cc(CS(=O)C2CCOC2C)ccc1C#N. The molecule has 102 valence electrons. The molecule has 0 aliphatic carbocycles. The lowest BCUT2D eigenvalue weighted by Crippen LogP contribution is -2.24. The first kappa shape index (κ1) is 14.0. The van der Waals surface area contributed by atoms with Crippen LogP contribution in [0.1, 0.15) is 24.5 Å². The predicted octanol–water partition coefficient (Wildman–Crippen LogP) is 1.99. The van der Waals surface area contributed by atoms with Gasteiger partial charge >= 0.3 is 0 Å². The van der Waals surface area contributed by atoms with E-state index in [2.05, 4.69) is 6.07 Å². The summed E-state index contributed by atoms with van der Waals surface area (Å²) in [6.07, 6.45) is 0.905. The molecule has 5 heteroatoms. The highest BCUT2D eigenvalue weighted by Gasteiger charge is 2.29. The van der Waals surface area contributed by atoms with E-state index in [-0.39, 0.29) is 11.4 Å². The lowest BCUT2D eigenvalue weighted by molar-refractivity contribution is 0.127. The summed E-state index contributed by atoms with van der Waals surface area (Å²) < 4.78 is 22.9. The molecule has 4 nitrogen and oxygen atoms in total. The summed E-state index contributed by atoms with van der Waals surface area (Å²) >= 11 is 0. The van der Waals surface area contributed by atoms with Crippen molar-refractivity contribution < 1.29 is 13.7 Å². The predicted molar refractivity (Wildman–Crippen MR) is 73.4 cm³/mol. The van der Waals surface area contributed by atoms with Gasteiger partial charge in [-0.1, -0.05) is 6.07 Å². The van der Waals surface area contributed by atoms with Crippen LogP contribution in [-0.2, 0) is 21.3 Å². The van der Waals surface area contributed by atoms with Gasteiger partial charge in [0.25, 0.3) is 0 Å². The molecule has 1 saturated heterocycles. The van der Waals surface area contributed by atoms with E-state index in [1.165, 1.54) is 7.11 Å². The minimum absolute atomic E-state index is 0.0566.